The third-order valence-electron chi connectivity index (χ3n) is 5.16. The summed E-state index contributed by atoms with van der Waals surface area (Å²) in [5, 5.41) is 0. The van der Waals surface area contributed by atoms with Crippen LogP contribution in [-0.4, -0.2) is 43.1 Å². The van der Waals surface area contributed by atoms with Crippen molar-refractivity contribution in [2.75, 3.05) is 31.1 Å². The molecule has 1 saturated heterocycles. The van der Waals surface area contributed by atoms with E-state index in [2.05, 4.69) is 55.1 Å². The standard InChI is InChI=1S/C23H30N2O2/c1-17(2)21-11-10-18(3)16-22(21)27-19(4)23(26)25-14-12-24(13-15-25)20-8-6-5-7-9-20/h5-11,16-17,19H,12-15H2,1-4H3/t19-/m0/s1. The summed E-state index contributed by atoms with van der Waals surface area (Å²) in [6.07, 6.45) is -0.479. The molecule has 0 radical (unpaired) electrons. The summed E-state index contributed by atoms with van der Waals surface area (Å²) in [5.74, 6) is 1.25. The Morgan fingerprint density at radius 2 is 1.63 bits per heavy atom. The van der Waals surface area contributed by atoms with Crippen LogP contribution >= 0.6 is 0 Å². The average molecular weight is 367 g/mol. The Kier molecular flexibility index (Phi) is 6.04. The summed E-state index contributed by atoms with van der Waals surface area (Å²) in [4.78, 5) is 17.1. The van der Waals surface area contributed by atoms with Gasteiger partial charge in [-0.3, -0.25) is 4.79 Å². The molecule has 0 aliphatic carbocycles. The molecule has 1 amide bonds. The summed E-state index contributed by atoms with van der Waals surface area (Å²) >= 11 is 0. The van der Waals surface area contributed by atoms with E-state index in [9.17, 15) is 4.79 Å². The number of amides is 1. The first kappa shape index (κ1) is 19.3. The molecule has 0 spiro atoms. The summed E-state index contributed by atoms with van der Waals surface area (Å²) in [6, 6.07) is 16.6. The number of anilines is 1. The fourth-order valence-corrected chi connectivity index (χ4v) is 3.54. The molecule has 4 heteroatoms. The van der Waals surface area contributed by atoms with Crippen LogP contribution in [0.25, 0.3) is 0 Å². The van der Waals surface area contributed by atoms with Gasteiger partial charge in [-0.15, -0.1) is 0 Å². The van der Waals surface area contributed by atoms with Crippen LogP contribution in [0, 0.1) is 6.92 Å². The van der Waals surface area contributed by atoms with Crippen molar-refractivity contribution in [3.05, 3.63) is 59.7 Å². The number of carbonyl (C=O) groups excluding carboxylic acids is 1. The normalized spacial score (nSPS) is 15.7. The van der Waals surface area contributed by atoms with E-state index in [-0.39, 0.29) is 5.91 Å². The van der Waals surface area contributed by atoms with E-state index in [1.54, 1.807) is 0 Å². The van der Waals surface area contributed by atoms with Crippen molar-refractivity contribution in [1.29, 1.82) is 0 Å². The highest BCUT2D eigenvalue weighted by Crippen LogP contribution is 2.28. The van der Waals surface area contributed by atoms with E-state index < -0.39 is 6.10 Å². The van der Waals surface area contributed by atoms with Crippen molar-refractivity contribution in [2.24, 2.45) is 0 Å². The van der Waals surface area contributed by atoms with Gasteiger partial charge < -0.3 is 14.5 Å². The minimum atomic E-state index is -0.479. The highest BCUT2D eigenvalue weighted by atomic mass is 16.5. The third kappa shape index (κ3) is 4.62. The Hall–Kier alpha value is -2.49. The van der Waals surface area contributed by atoms with Crippen molar-refractivity contribution in [3.63, 3.8) is 0 Å². The number of para-hydroxylation sites is 1. The molecular weight excluding hydrogens is 336 g/mol. The lowest BCUT2D eigenvalue weighted by atomic mass is 10.0. The average Bonchev–Trinajstić information content (AvgIpc) is 2.68. The molecule has 4 nitrogen and oxygen atoms in total. The van der Waals surface area contributed by atoms with E-state index in [0.29, 0.717) is 5.92 Å². The van der Waals surface area contributed by atoms with Gasteiger partial charge in [-0.05, 0) is 49.1 Å². The fourth-order valence-electron chi connectivity index (χ4n) is 3.54. The zero-order valence-electron chi connectivity index (χ0n) is 16.8. The van der Waals surface area contributed by atoms with Gasteiger partial charge in [-0.2, -0.15) is 0 Å². The molecule has 1 aliphatic heterocycles. The molecule has 144 valence electrons. The third-order valence-corrected chi connectivity index (χ3v) is 5.16. The van der Waals surface area contributed by atoms with Gasteiger partial charge in [-0.1, -0.05) is 44.2 Å². The van der Waals surface area contributed by atoms with Gasteiger partial charge in [0, 0.05) is 31.9 Å². The van der Waals surface area contributed by atoms with Crippen molar-refractivity contribution < 1.29 is 9.53 Å². The maximum absolute atomic E-state index is 12.9. The second kappa shape index (κ2) is 8.47. The Morgan fingerprint density at radius 1 is 0.963 bits per heavy atom. The molecule has 1 aliphatic rings. The van der Waals surface area contributed by atoms with Crippen LogP contribution in [0.4, 0.5) is 5.69 Å². The molecule has 0 bridgehead atoms. The molecule has 1 heterocycles. The number of ether oxygens (including phenoxy) is 1. The second-order valence-electron chi connectivity index (χ2n) is 7.60. The van der Waals surface area contributed by atoms with Crippen LogP contribution in [0.1, 0.15) is 37.8 Å². The number of piperazine rings is 1. The Bertz CT molecular complexity index is 765. The van der Waals surface area contributed by atoms with E-state index in [1.807, 2.05) is 30.9 Å². The molecule has 27 heavy (non-hydrogen) atoms. The van der Waals surface area contributed by atoms with Gasteiger partial charge in [0.15, 0.2) is 6.10 Å². The molecule has 0 aromatic heterocycles. The largest absolute Gasteiger partial charge is 0.481 e. The minimum absolute atomic E-state index is 0.0684. The fraction of sp³-hybridized carbons (Fsp3) is 0.435. The van der Waals surface area contributed by atoms with E-state index in [0.717, 1.165) is 43.1 Å². The number of hydrogen-bond acceptors (Lipinski definition) is 3. The minimum Gasteiger partial charge on any atom is -0.481 e. The number of nitrogens with zero attached hydrogens (tertiary/aromatic N) is 2. The topological polar surface area (TPSA) is 32.8 Å². The predicted molar refractivity (Wildman–Crippen MR) is 111 cm³/mol. The zero-order chi connectivity index (χ0) is 19.4. The monoisotopic (exact) mass is 366 g/mol. The van der Waals surface area contributed by atoms with Crippen LogP contribution in [0.2, 0.25) is 0 Å². The van der Waals surface area contributed by atoms with Gasteiger partial charge in [0.1, 0.15) is 5.75 Å². The Labute approximate surface area is 162 Å². The van der Waals surface area contributed by atoms with E-state index in [4.69, 9.17) is 4.74 Å². The van der Waals surface area contributed by atoms with Crippen molar-refractivity contribution in [2.45, 2.75) is 39.7 Å². The quantitative estimate of drug-likeness (QED) is 0.794. The molecule has 1 fully saturated rings. The Morgan fingerprint density at radius 3 is 2.26 bits per heavy atom. The maximum Gasteiger partial charge on any atom is 0.263 e. The summed E-state index contributed by atoms with van der Waals surface area (Å²) < 4.78 is 6.11. The van der Waals surface area contributed by atoms with Gasteiger partial charge >= 0.3 is 0 Å². The first-order valence-electron chi connectivity index (χ1n) is 9.81. The van der Waals surface area contributed by atoms with Gasteiger partial charge in [0.2, 0.25) is 0 Å². The molecule has 0 unspecified atom stereocenters. The summed E-state index contributed by atoms with van der Waals surface area (Å²) in [6.45, 7) is 11.4. The molecule has 0 N–H and O–H groups in total. The number of carbonyl (C=O) groups is 1. The molecule has 3 rings (SSSR count). The highest BCUT2D eigenvalue weighted by molar-refractivity contribution is 5.81. The highest BCUT2D eigenvalue weighted by Gasteiger charge is 2.26. The first-order valence-corrected chi connectivity index (χ1v) is 9.81. The van der Waals surface area contributed by atoms with Crippen LogP contribution in [0.3, 0.4) is 0 Å². The SMILES string of the molecule is Cc1ccc(C(C)C)c(O[C@@H](C)C(=O)N2CCN(c3ccccc3)CC2)c1. The number of rotatable bonds is 5. The van der Waals surface area contributed by atoms with Gasteiger partial charge in [-0.25, -0.2) is 0 Å². The number of aryl methyl sites for hydroxylation is 1. The lowest BCUT2D eigenvalue weighted by Crippen LogP contribution is -2.52. The molecule has 2 aromatic rings. The maximum atomic E-state index is 12.9. The van der Waals surface area contributed by atoms with Crippen LogP contribution < -0.4 is 9.64 Å². The lowest BCUT2D eigenvalue weighted by Gasteiger charge is -2.37. The van der Waals surface area contributed by atoms with Crippen molar-refractivity contribution in [3.8, 4) is 5.75 Å². The number of hydrogen-bond donors (Lipinski definition) is 0. The predicted octanol–water partition coefficient (Wildman–Crippen LogP) is 4.23. The molecular formula is C23H30N2O2. The first-order chi connectivity index (χ1) is 13.0. The van der Waals surface area contributed by atoms with E-state index >= 15 is 0 Å². The van der Waals surface area contributed by atoms with Crippen molar-refractivity contribution in [1.82, 2.24) is 4.90 Å². The summed E-state index contributed by atoms with van der Waals surface area (Å²) in [5.41, 5.74) is 3.51. The zero-order valence-corrected chi connectivity index (χ0v) is 16.8. The second-order valence-corrected chi connectivity index (χ2v) is 7.60. The van der Waals surface area contributed by atoms with Crippen LogP contribution in [0.5, 0.6) is 5.75 Å². The smallest absolute Gasteiger partial charge is 0.263 e. The molecule has 2 aromatic carbocycles. The van der Waals surface area contributed by atoms with Crippen LogP contribution in [-0.2, 0) is 4.79 Å². The lowest BCUT2D eigenvalue weighted by molar-refractivity contribution is -0.138. The van der Waals surface area contributed by atoms with Gasteiger partial charge in [0.05, 0.1) is 0 Å². The van der Waals surface area contributed by atoms with E-state index in [1.165, 1.54) is 5.69 Å². The summed E-state index contributed by atoms with van der Waals surface area (Å²) in [7, 11) is 0. The molecule has 0 saturated carbocycles. The van der Waals surface area contributed by atoms with Gasteiger partial charge in [0.25, 0.3) is 5.91 Å². The molecule has 1 atom stereocenters. The Balaban J connectivity index is 1.61. The van der Waals surface area contributed by atoms with Crippen molar-refractivity contribution >= 4 is 11.6 Å². The van der Waals surface area contributed by atoms with Crippen LogP contribution in [0.15, 0.2) is 48.5 Å². The number of benzene rings is 2.